The second-order valence-electron chi connectivity index (χ2n) is 4.68. The third-order valence-electron chi connectivity index (χ3n) is 3.35. The van der Waals surface area contributed by atoms with Crippen LogP contribution < -0.4 is 0 Å². The fourth-order valence-corrected chi connectivity index (χ4v) is 4.03. The molecule has 0 fully saturated rings. The van der Waals surface area contributed by atoms with Gasteiger partial charge >= 0.3 is 0 Å². The molecule has 6 heteroatoms. The lowest BCUT2D eigenvalue weighted by Gasteiger charge is -2.09. The van der Waals surface area contributed by atoms with Crippen LogP contribution in [0.4, 0.5) is 11.4 Å². The van der Waals surface area contributed by atoms with E-state index < -0.39 is 0 Å². The first-order valence-corrected chi connectivity index (χ1v) is 7.97. The van der Waals surface area contributed by atoms with Crippen molar-refractivity contribution in [2.75, 3.05) is 0 Å². The highest BCUT2D eigenvalue weighted by Crippen LogP contribution is 2.44. The Hall–Kier alpha value is -1.66. The van der Waals surface area contributed by atoms with Gasteiger partial charge in [-0.1, -0.05) is 43.0 Å². The molecule has 0 saturated heterocycles. The fourth-order valence-electron chi connectivity index (χ4n) is 2.28. The highest BCUT2D eigenvalue weighted by molar-refractivity contribution is 9.10. The molecule has 0 aliphatic carbocycles. The van der Waals surface area contributed by atoms with Crippen LogP contribution in [-0.4, -0.2) is 9.97 Å². The van der Waals surface area contributed by atoms with Crippen molar-refractivity contribution in [1.82, 2.24) is 0 Å². The fraction of sp³-hybridized carbons (Fsp3) is 0.133. The molecule has 1 atom stereocenters. The van der Waals surface area contributed by atoms with Gasteiger partial charge in [0.05, 0.1) is 25.0 Å². The molecule has 4 nitrogen and oxygen atoms in total. The summed E-state index contributed by atoms with van der Waals surface area (Å²) < 4.78 is 0.487. The van der Waals surface area contributed by atoms with Crippen LogP contribution in [0.2, 0.25) is 0 Å². The van der Waals surface area contributed by atoms with E-state index in [9.17, 15) is 10.1 Å². The monoisotopic (exact) mass is 362 g/mol. The number of nitro benzene ring substituents is 1. The average molecular weight is 363 g/mol. The molecule has 0 amide bonds. The van der Waals surface area contributed by atoms with Gasteiger partial charge in [-0.05, 0) is 39.7 Å². The molecular weight excluding hydrogens is 352 g/mol. The third-order valence-corrected chi connectivity index (χ3v) is 5.19. The molecule has 3 rings (SSSR count). The standard InChI is InChI=1S/C15H11BrN2O2S/c1-9-10-5-2-3-7-12(10)17-15(9)21-13-8-4-6-11(16)14(13)18(19)20/h2-9H,1H3. The summed E-state index contributed by atoms with van der Waals surface area (Å²) in [7, 11) is 0. The summed E-state index contributed by atoms with van der Waals surface area (Å²) in [6.07, 6.45) is 0. The van der Waals surface area contributed by atoms with Gasteiger partial charge in [-0.15, -0.1) is 0 Å². The van der Waals surface area contributed by atoms with Crippen molar-refractivity contribution in [3.8, 4) is 0 Å². The predicted octanol–water partition coefficient (Wildman–Crippen LogP) is 5.30. The van der Waals surface area contributed by atoms with Gasteiger partial charge in [0.25, 0.3) is 5.69 Å². The van der Waals surface area contributed by atoms with Gasteiger partial charge in [0.2, 0.25) is 0 Å². The van der Waals surface area contributed by atoms with E-state index in [-0.39, 0.29) is 16.5 Å². The molecule has 1 aliphatic rings. The maximum Gasteiger partial charge on any atom is 0.297 e. The second kappa shape index (κ2) is 5.61. The maximum atomic E-state index is 11.2. The minimum absolute atomic E-state index is 0.0911. The van der Waals surface area contributed by atoms with E-state index in [0.29, 0.717) is 9.37 Å². The van der Waals surface area contributed by atoms with Crippen molar-refractivity contribution in [1.29, 1.82) is 0 Å². The summed E-state index contributed by atoms with van der Waals surface area (Å²) in [4.78, 5) is 16.1. The molecule has 0 bridgehead atoms. The summed E-state index contributed by atoms with van der Waals surface area (Å²) in [5.74, 6) is 0.157. The Balaban J connectivity index is 1.97. The van der Waals surface area contributed by atoms with Crippen molar-refractivity contribution >= 4 is 44.1 Å². The topological polar surface area (TPSA) is 55.5 Å². The Morgan fingerprint density at radius 3 is 2.71 bits per heavy atom. The third kappa shape index (κ3) is 2.61. The smallest absolute Gasteiger partial charge is 0.258 e. The molecule has 1 aliphatic heterocycles. The number of rotatable bonds is 2. The molecule has 1 heterocycles. The van der Waals surface area contributed by atoms with Crippen LogP contribution in [0.1, 0.15) is 18.4 Å². The minimum atomic E-state index is -0.361. The summed E-state index contributed by atoms with van der Waals surface area (Å²) in [6.45, 7) is 2.07. The molecule has 0 saturated carbocycles. The van der Waals surface area contributed by atoms with E-state index in [1.54, 1.807) is 18.2 Å². The summed E-state index contributed by atoms with van der Waals surface area (Å²) >= 11 is 4.61. The summed E-state index contributed by atoms with van der Waals surface area (Å²) in [6, 6.07) is 13.2. The Labute approximate surface area is 134 Å². The quantitative estimate of drug-likeness (QED) is 0.538. The highest BCUT2D eigenvalue weighted by atomic mass is 79.9. The number of hydrogen-bond acceptors (Lipinski definition) is 4. The van der Waals surface area contributed by atoms with Crippen molar-refractivity contribution in [2.24, 2.45) is 4.99 Å². The zero-order valence-electron chi connectivity index (χ0n) is 11.1. The largest absolute Gasteiger partial charge is 0.297 e. The number of halogens is 1. The van der Waals surface area contributed by atoms with Gasteiger partial charge in [-0.3, -0.25) is 10.1 Å². The number of fused-ring (bicyclic) bond motifs is 1. The first-order chi connectivity index (χ1) is 10.1. The van der Waals surface area contributed by atoms with Crippen LogP contribution in [0.15, 0.2) is 56.8 Å². The molecule has 0 radical (unpaired) electrons. The number of thioether (sulfide) groups is 1. The van der Waals surface area contributed by atoms with Crippen LogP contribution in [0.3, 0.4) is 0 Å². The maximum absolute atomic E-state index is 11.2. The zero-order valence-corrected chi connectivity index (χ0v) is 13.5. The first kappa shape index (κ1) is 14.3. The lowest BCUT2D eigenvalue weighted by atomic mass is 10.0. The molecule has 2 aromatic carbocycles. The van der Waals surface area contributed by atoms with Crippen LogP contribution in [0.5, 0.6) is 0 Å². The van der Waals surface area contributed by atoms with Crippen molar-refractivity contribution in [3.63, 3.8) is 0 Å². The number of para-hydroxylation sites is 2. The molecule has 2 aromatic rings. The van der Waals surface area contributed by atoms with Gasteiger partial charge in [-0.25, -0.2) is 4.99 Å². The van der Waals surface area contributed by atoms with E-state index in [4.69, 9.17) is 0 Å². The Morgan fingerprint density at radius 2 is 2.00 bits per heavy atom. The Morgan fingerprint density at radius 1 is 1.24 bits per heavy atom. The lowest BCUT2D eigenvalue weighted by molar-refractivity contribution is -0.388. The van der Waals surface area contributed by atoms with Gasteiger partial charge in [-0.2, -0.15) is 0 Å². The molecular formula is C15H11BrN2O2S. The van der Waals surface area contributed by atoms with Crippen LogP contribution in [0.25, 0.3) is 0 Å². The SMILES string of the molecule is CC1C(Sc2cccc(Br)c2[N+](=O)[O-])=Nc2ccccc21. The van der Waals surface area contributed by atoms with E-state index in [1.807, 2.05) is 24.3 Å². The molecule has 0 spiro atoms. The van der Waals surface area contributed by atoms with Gasteiger partial charge in [0.15, 0.2) is 0 Å². The van der Waals surface area contributed by atoms with E-state index in [1.165, 1.54) is 11.8 Å². The first-order valence-electron chi connectivity index (χ1n) is 6.36. The number of nitrogens with zero attached hydrogens (tertiary/aromatic N) is 2. The molecule has 0 aromatic heterocycles. The van der Waals surface area contributed by atoms with Gasteiger partial charge in [0, 0.05) is 5.92 Å². The van der Waals surface area contributed by atoms with Gasteiger partial charge < -0.3 is 0 Å². The zero-order chi connectivity index (χ0) is 15.0. The van der Waals surface area contributed by atoms with E-state index >= 15 is 0 Å². The number of nitro groups is 1. The highest BCUT2D eigenvalue weighted by Gasteiger charge is 2.27. The minimum Gasteiger partial charge on any atom is -0.258 e. The Kier molecular flexibility index (Phi) is 3.82. The Bertz CT molecular complexity index is 761. The van der Waals surface area contributed by atoms with Gasteiger partial charge in [0.1, 0.15) is 0 Å². The van der Waals surface area contributed by atoms with Crippen molar-refractivity contribution < 1.29 is 4.92 Å². The molecule has 106 valence electrons. The lowest BCUT2D eigenvalue weighted by Crippen LogP contribution is -2.01. The summed E-state index contributed by atoms with van der Waals surface area (Å²) in [5.41, 5.74) is 2.20. The normalized spacial score (nSPS) is 16.5. The predicted molar refractivity (Wildman–Crippen MR) is 88.6 cm³/mol. The van der Waals surface area contributed by atoms with E-state index in [0.717, 1.165) is 16.3 Å². The van der Waals surface area contributed by atoms with Crippen molar-refractivity contribution in [3.05, 3.63) is 62.6 Å². The molecule has 21 heavy (non-hydrogen) atoms. The van der Waals surface area contributed by atoms with Crippen LogP contribution in [-0.2, 0) is 0 Å². The molecule has 0 N–H and O–H groups in total. The van der Waals surface area contributed by atoms with Crippen LogP contribution >= 0.6 is 27.7 Å². The molecule has 1 unspecified atom stereocenters. The second-order valence-corrected chi connectivity index (χ2v) is 6.59. The van der Waals surface area contributed by atoms with Crippen molar-refractivity contribution in [2.45, 2.75) is 17.7 Å². The van der Waals surface area contributed by atoms with Crippen LogP contribution in [0, 0.1) is 10.1 Å². The number of hydrogen-bond donors (Lipinski definition) is 0. The number of benzene rings is 2. The average Bonchev–Trinajstić information content (AvgIpc) is 2.76. The van der Waals surface area contributed by atoms with E-state index in [2.05, 4.69) is 27.8 Å². The summed E-state index contributed by atoms with van der Waals surface area (Å²) in [5, 5.41) is 12.1. The number of aliphatic imine (C=N–C) groups is 1.